The minimum absolute atomic E-state index is 0.110. The van der Waals surface area contributed by atoms with Crippen LogP contribution in [0.15, 0.2) is 0 Å². The maximum Gasteiger partial charge on any atom is 0.321 e. The molecule has 1 aromatic rings. The average Bonchev–Trinajstić information content (AvgIpc) is 2.89. The highest BCUT2D eigenvalue weighted by molar-refractivity contribution is 7.15. The summed E-state index contributed by atoms with van der Waals surface area (Å²) in [5, 5.41) is 14.7. The fourth-order valence-corrected chi connectivity index (χ4v) is 2.09. The number of hydrogen-bond acceptors (Lipinski definition) is 5. The van der Waals surface area contributed by atoms with Crippen LogP contribution in [0, 0.1) is 0 Å². The van der Waals surface area contributed by atoms with Crippen LogP contribution in [0.4, 0.5) is 9.93 Å². The molecule has 0 spiro atoms. The molecule has 6 nitrogen and oxygen atoms in total. The van der Waals surface area contributed by atoms with Crippen LogP contribution in [0.3, 0.4) is 0 Å². The first-order valence-corrected chi connectivity index (χ1v) is 6.07. The van der Waals surface area contributed by atoms with Crippen LogP contribution >= 0.6 is 11.3 Å². The monoisotopic (exact) mass is 242 g/mol. The summed E-state index contributed by atoms with van der Waals surface area (Å²) in [4.78, 5) is 11.5. The van der Waals surface area contributed by atoms with Crippen molar-refractivity contribution < 1.29 is 9.53 Å². The average molecular weight is 242 g/mol. The van der Waals surface area contributed by atoms with E-state index >= 15 is 0 Å². The minimum Gasteiger partial charge on any atom is -0.379 e. The van der Waals surface area contributed by atoms with Gasteiger partial charge in [-0.15, -0.1) is 10.2 Å². The molecule has 0 aromatic carbocycles. The lowest BCUT2D eigenvalue weighted by Gasteiger charge is -2.09. The Kier molecular flexibility index (Phi) is 3.68. The zero-order chi connectivity index (χ0) is 11.4. The quantitative estimate of drug-likeness (QED) is 0.829. The van der Waals surface area contributed by atoms with Crippen LogP contribution in [-0.2, 0) is 11.2 Å². The second kappa shape index (κ2) is 5.22. The summed E-state index contributed by atoms with van der Waals surface area (Å²) in [7, 11) is 0. The molecule has 7 heteroatoms. The summed E-state index contributed by atoms with van der Waals surface area (Å²) in [6.45, 7) is 3.30. The van der Waals surface area contributed by atoms with Crippen molar-refractivity contribution in [3.05, 3.63) is 5.01 Å². The van der Waals surface area contributed by atoms with Crippen molar-refractivity contribution in [3.63, 3.8) is 0 Å². The van der Waals surface area contributed by atoms with Gasteiger partial charge >= 0.3 is 6.03 Å². The maximum atomic E-state index is 11.5. The Morgan fingerprint density at radius 1 is 1.62 bits per heavy atom. The number of carbonyl (C=O) groups is 1. The molecule has 1 fully saturated rings. The molecule has 1 atom stereocenters. The van der Waals surface area contributed by atoms with Gasteiger partial charge in [0, 0.05) is 6.61 Å². The van der Waals surface area contributed by atoms with Gasteiger partial charge in [-0.1, -0.05) is 18.3 Å². The highest BCUT2D eigenvalue weighted by Gasteiger charge is 2.18. The normalized spacial score (nSPS) is 19.7. The van der Waals surface area contributed by atoms with Gasteiger partial charge in [0.2, 0.25) is 5.13 Å². The number of aromatic nitrogens is 2. The Morgan fingerprint density at radius 3 is 3.12 bits per heavy atom. The molecule has 1 aromatic heterocycles. The SMILES string of the molecule is CCc1nnc(NC(=O)NC2CCOC2)s1. The van der Waals surface area contributed by atoms with Crippen LogP contribution < -0.4 is 10.6 Å². The number of rotatable bonds is 3. The molecule has 1 saturated heterocycles. The lowest BCUT2D eigenvalue weighted by Crippen LogP contribution is -2.38. The Labute approximate surface area is 97.4 Å². The van der Waals surface area contributed by atoms with Crippen molar-refractivity contribution in [2.24, 2.45) is 0 Å². The number of carbonyl (C=O) groups excluding carboxylic acids is 1. The predicted octanol–water partition coefficient (Wildman–Crippen LogP) is 1.01. The van der Waals surface area contributed by atoms with Crippen LogP contribution in [0.2, 0.25) is 0 Å². The Balaban J connectivity index is 1.81. The fraction of sp³-hybridized carbons (Fsp3) is 0.667. The summed E-state index contributed by atoms with van der Waals surface area (Å²) in [5.41, 5.74) is 0. The first kappa shape index (κ1) is 11.3. The number of nitrogens with zero attached hydrogens (tertiary/aromatic N) is 2. The fourth-order valence-electron chi connectivity index (χ4n) is 1.41. The van der Waals surface area contributed by atoms with Gasteiger partial charge in [-0.2, -0.15) is 0 Å². The largest absolute Gasteiger partial charge is 0.379 e. The minimum atomic E-state index is -0.241. The zero-order valence-electron chi connectivity index (χ0n) is 9.02. The van der Waals surface area contributed by atoms with E-state index in [9.17, 15) is 4.79 Å². The van der Waals surface area contributed by atoms with Gasteiger partial charge in [-0.05, 0) is 12.8 Å². The molecule has 0 aliphatic carbocycles. The lowest BCUT2D eigenvalue weighted by atomic mass is 10.3. The summed E-state index contributed by atoms with van der Waals surface area (Å²) in [5.74, 6) is 0. The van der Waals surface area contributed by atoms with Gasteiger partial charge in [0.15, 0.2) is 0 Å². The van der Waals surface area contributed by atoms with Gasteiger partial charge in [-0.3, -0.25) is 5.32 Å². The molecular weight excluding hydrogens is 228 g/mol. The van der Waals surface area contributed by atoms with E-state index in [1.807, 2.05) is 6.92 Å². The van der Waals surface area contributed by atoms with Crippen molar-refractivity contribution >= 4 is 22.5 Å². The Morgan fingerprint density at radius 2 is 2.50 bits per heavy atom. The molecule has 0 radical (unpaired) electrons. The van der Waals surface area contributed by atoms with Crippen molar-refractivity contribution in [1.82, 2.24) is 15.5 Å². The third-order valence-electron chi connectivity index (χ3n) is 2.25. The highest BCUT2D eigenvalue weighted by Crippen LogP contribution is 2.15. The molecule has 88 valence electrons. The first-order chi connectivity index (χ1) is 7.78. The highest BCUT2D eigenvalue weighted by atomic mass is 32.1. The molecule has 1 unspecified atom stereocenters. The number of hydrogen-bond donors (Lipinski definition) is 2. The lowest BCUT2D eigenvalue weighted by molar-refractivity contribution is 0.189. The standard InChI is InChI=1S/C9H14N4O2S/c1-2-7-12-13-9(16-7)11-8(14)10-6-3-4-15-5-6/h6H,2-5H2,1H3,(H2,10,11,13,14). The second-order valence-electron chi connectivity index (χ2n) is 3.51. The van der Waals surface area contributed by atoms with Crippen LogP contribution in [0.5, 0.6) is 0 Å². The van der Waals surface area contributed by atoms with Crippen molar-refractivity contribution in [1.29, 1.82) is 0 Å². The number of anilines is 1. The molecule has 2 rings (SSSR count). The molecule has 0 saturated carbocycles. The van der Waals surface area contributed by atoms with Crippen molar-refractivity contribution in [2.45, 2.75) is 25.8 Å². The summed E-state index contributed by atoms with van der Waals surface area (Å²) in [6, 6.07) is -0.132. The molecule has 1 aliphatic heterocycles. The van der Waals surface area contributed by atoms with Gasteiger partial charge < -0.3 is 10.1 Å². The molecule has 2 amide bonds. The van der Waals surface area contributed by atoms with Crippen LogP contribution in [0.1, 0.15) is 18.4 Å². The predicted molar refractivity (Wildman–Crippen MR) is 60.7 cm³/mol. The number of amides is 2. The summed E-state index contributed by atoms with van der Waals surface area (Å²) >= 11 is 1.39. The number of ether oxygens (including phenoxy) is 1. The Bertz CT molecular complexity index is 362. The molecular formula is C9H14N4O2S. The number of aryl methyl sites for hydroxylation is 1. The van der Waals surface area contributed by atoms with Gasteiger partial charge in [0.1, 0.15) is 5.01 Å². The molecule has 0 bridgehead atoms. The molecule has 16 heavy (non-hydrogen) atoms. The van der Waals surface area contributed by atoms with Crippen LogP contribution in [0.25, 0.3) is 0 Å². The molecule has 1 aliphatic rings. The van der Waals surface area contributed by atoms with E-state index < -0.39 is 0 Å². The second-order valence-corrected chi connectivity index (χ2v) is 4.58. The van der Waals surface area contributed by atoms with Crippen LogP contribution in [-0.4, -0.2) is 35.5 Å². The van der Waals surface area contributed by atoms with E-state index in [4.69, 9.17) is 4.74 Å². The van der Waals surface area contributed by atoms with Gasteiger partial charge in [-0.25, -0.2) is 4.79 Å². The maximum absolute atomic E-state index is 11.5. The van der Waals surface area contributed by atoms with Crippen molar-refractivity contribution in [2.75, 3.05) is 18.5 Å². The van der Waals surface area contributed by atoms with Gasteiger partial charge in [0.05, 0.1) is 12.6 Å². The Hall–Kier alpha value is -1.21. The first-order valence-electron chi connectivity index (χ1n) is 5.25. The van der Waals surface area contributed by atoms with Gasteiger partial charge in [0.25, 0.3) is 0 Å². The van der Waals surface area contributed by atoms with E-state index in [1.54, 1.807) is 0 Å². The smallest absolute Gasteiger partial charge is 0.321 e. The topological polar surface area (TPSA) is 76.1 Å². The van der Waals surface area contributed by atoms with E-state index in [1.165, 1.54) is 11.3 Å². The van der Waals surface area contributed by atoms with E-state index in [0.717, 1.165) is 17.8 Å². The zero-order valence-corrected chi connectivity index (χ0v) is 9.84. The van der Waals surface area contributed by atoms with E-state index in [2.05, 4.69) is 20.8 Å². The molecule has 2 N–H and O–H groups in total. The number of urea groups is 1. The summed E-state index contributed by atoms with van der Waals surface area (Å²) in [6.07, 6.45) is 1.70. The van der Waals surface area contributed by atoms with E-state index in [0.29, 0.717) is 18.3 Å². The number of nitrogens with one attached hydrogen (secondary N) is 2. The third kappa shape index (κ3) is 2.89. The van der Waals surface area contributed by atoms with Crippen molar-refractivity contribution in [3.8, 4) is 0 Å². The molecule has 2 heterocycles. The van der Waals surface area contributed by atoms with E-state index in [-0.39, 0.29) is 12.1 Å². The third-order valence-corrected chi connectivity index (χ3v) is 3.24. The summed E-state index contributed by atoms with van der Waals surface area (Å²) < 4.78 is 5.16.